The van der Waals surface area contributed by atoms with Gasteiger partial charge in [0.05, 0.1) is 11.8 Å². The van der Waals surface area contributed by atoms with Crippen molar-refractivity contribution in [3.63, 3.8) is 0 Å². The van der Waals surface area contributed by atoms with Crippen LogP contribution in [-0.2, 0) is 6.54 Å². The van der Waals surface area contributed by atoms with Gasteiger partial charge < -0.3 is 10.2 Å². The van der Waals surface area contributed by atoms with Gasteiger partial charge in [-0.1, -0.05) is 12.1 Å². The lowest BCUT2D eigenvalue weighted by molar-refractivity contribution is 0.0958. The number of nitrogens with zero attached hydrogens (tertiary/aromatic N) is 2. The maximum Gasteiger partial charge on any atom is 0.253 e. The highest BCUT2D eigenvalue weighted by Crippen LogP contribution is 2.24. The lowest BCUT2D eigenvalue weighted by Crippen LogP contribution is -2.29. The van der Waals surface area contributed by atoms with Crippen molar-refractivity contribution in [2.45, 2.75) is 13.5 Å². The molecule has 2 aromatic rings. The maximum absolute atomic E-state index is 12.0. The summed E-state index contributed by atoms with van der Waals surface area (Å²) in [5, 5.41) is 9.92. The molecule has 5 heteroatoms. The van der Waals surface area contributed by atoms with E-state index < -0.39 is 0 Å². The summed E-state index contributed by atoms with van der Waals surface area (Å²) >= 11 is 0. The van der Waals surface area contributed by atoms with Crippen LogP contribution in [0.2, 0.25) is 0 Å². The lowest BCUT2D eigenvalue weighted by Gasteiger charge is -2.23. The van der Waals surface area contributed by atoms with Gasteiger partial charge in [0.15, 0.2) is 0 Å². The van der Waals surface area contributed by atoms with E-state index >= 15 is 0 Å². The van der Waals surface area contributed by atoms with Crippen LogP contribution in [0.1, 0.15) is 21.6 Å². The molecular formula is C14H16N4O. The third kappa shape index (κ3) is 2.19. The van der Waals surface area contributed by atoms with E-state index in [1.807, 2.05) is 37.4 Å². The molecule has 5 nitrogen and oxygen atoms in total. The Kier molecular flexibility index (Phi) is 2.95. The molecule has 0 fully saturated rings. The summed E-state index contributed by atoms with van der Waals surface area (Å²) in [6.45, 7) is 4.22. The third-order valence-electron chi connectivity index (χ3n) is 3.45. The number of aromatic nitrogens is 2. The number of amides is 1. The van der Waals surface area contributed by atoms with Gasteiger partial charge in [0.2, 0.25) is 0 Å². The van der Waals surface area contributed by atoms with E-state index in [0.717, 1.165) is 35.6 Å². The Morgan fingerprint density at radius 2 is 2.21 bits per heavy atom. The Hall–Kier alpha value is -2.30. The molecule has 1 amide bonds. The smallest absolute Gasteiger partial charge is 0.253 e. The molecule has 2 heterocycles. The van der Waals surface area contributed by atoms with E-state index in [1.165, 1.54) is 0 Å². The quantitative estimate of drug-likeness (QED) is 0.855. The number of aromatic amines is 1. The van der Waals surface area contributed by atoms with Crippen LogP contribution in [0.4, 0.5) is 5.69 Å². The minimum atomic E-state index is 0.00187. The Morgan fingerprint density at radius 1 is 1.37 bits per heavy atom. The first-order chi connectivity index (χ1) is 9.25. The van der Waals surface area contributed by atoms with Gasteiger partial charge in [0.1, 0.15) is 0 Å². The minimum Gasteiger partial charge on any atom is -0.365 e. The van der Waals surface area contributed by atoms with Crippen molar-refractivity contribution < 1.29 is 4.79 Å². The summed E-state index contributed by atoms with van der Waals surface area (Å²) in [4.78, 5) is 14.2. The molecule has 0 saturated heterocycles. The van der Waals surface area contributed by atoms with Crippen LogP contribution < -0.4 is 10.2 Å². The van der Waals surface area contributed by atoms with Crippen LogP contribution in [0.5, 0.6) is 0 Å². The molecule has 0 spiro atoms. The van der Waals surface area contributed by atoms with E-state index in [2.05, 4.69) is 20.4 Å². The summed E-state index contributed by atoms with van der Waals surface area (Å²) in [5.74, 6) is 0.00187. The second-order valence-corrected chi connectivity index (χ2v) is 4.71. The molecule has 1 aliphatic rings. The number of hydrogen-bond donors (Lipinski definition) is 2. The zero-order valence-corrected chi connectivity index (χ0v) is 10.8. The van der Waals surface area contributed by atoms with Gasteiger partial charge in [0.25, 0.3) is 5.91 Å². The number of fused-ring (bicyclic) bond motifs is 1. The summed E-state index contributed by atoms with van der Waals surface area (Å²) in [5.41, 5.74) is 3.95. The maximum atomic E-state index is 12.0. The van der Waals surface area contributed by atoms with Gasteiger partial charge in [-0.2, -0.15) is 5.10 Å². The number of rotatable bonds is 2. The molecule has 3 rings (SSSR count). The monoisotopic (exact) mass is 256 g/mol. The van der Waals surface area contributed by atoms with Gasteiger partial charge in [-0.05, 0) is 19.1 Å². The van der Waals surface area contributed by atoms with E-state index in [0.29, 0.717) is 6.54 Å². The highest BCUT2D eigenvalue weighted by molar-refractivity contribution is 6.00. The fourth-order valence-electron chi connectivity index (χ4n) is 2.37. The number of nitrogens with one attached hydrogen (secondary N) is 2. The molecule has 1 aromatic heterocycles. The van der Waals surface area contributed by atoms with E-state index in [1.54, 1.807) is 0 Å². The third-order valence-corrected chi connectivity index (χ3v) is 3.45. The van der Waals surface area contributed by atoms with Crippen molar-refractivity contribution in [1.82, 2.24) is 15.5 Å². The van der Waals surface area contributed by atoms with E-state index in [-0.39, 0.29) is 5.91 Å². The van der Waals surface area contributed by atoms with Gasteiger partial charge in [-0.3, -0.25) is 9.89 Å². The first kappa shape index (κ1) is 11.8. The number of anilines is 1. The number of aryl methyl sites for hydroxylation is 1. The molecule has 98 valence electrons. The normalized spacial score (nSPS) is 14.8. The van der Waals surface area contributed by atoms with Crippen LogP contribution >= 0.6 is 0 Å². The highest BCUT2D eigenvalue weighted by atomic mass is 16.1. The van der Waals surface area contributed by atoms with Gasteiger partial charge >= 0.3 is 0 Å². The van der Waals surface area contributed by atoms with Crippen molar-refractivity contribution in [1.29, 1.82) is 0 Å². The molecule has 0 aliphatic carbocycles. The van der Waals surface area contributed by atoms with Crippen molar-refractivity contribution in [2.75, 3.05) is 18.0 Å². The topological polar surface area (TPSA) is 61.0 Å². The Morgan fingerprint density at radius 3 is 3.00 bits per heavy atom. The first-order valence-corrected chi connectivity index (χ1v) is 6.37. The van der Waals surface area contributed by atoms with E-state index in [4.69, 9.17) is 0 Å². The average molecular weight is 256 g/mol. The number of carbonyl (C=O) groups is 1. The minimum absolute atomic E-state index is 0.00187. The summed E-state index contributed by atoms with van der Waals surface area (Å²) in [7, 11) is 0. The predicted molar refractivity (Wildman–Crippen MR) is 73.1 cm³/mol. The second-order valence-electron chi connectivity index (χ2n) is 4.71. The van der Waals surface area contributed by atoms with Crippen molar-refractivity contribution in [3.05, 3.63) is 47.3 Å². The molecule has 0 radical (unpaired) electrons. The van der Waals surface area contributed by atoms with Gasteiger partial charge in [0, 0.05) is 36.6 Å². The molecular weight excluding hydrogens is 240 g/mol. The van der Waals surface area contributed by atoms with Crippen molar-refractivity contribution >= 4 is 11.6 Å². The number of hydrogen-bond acceptors (Lipinski definition) is 3. The van der Waals surface area contributed by atoms with E-state index in [9.17, 15) is 4.79 Å². The Balaban J connectivity index is 1.95. The van der Waals surface area contributed by atoms with Crippen molar-refractivity contribution in [3.8, 4) is 0 Å². The SMILES string of the molecule is Cc1[nH]ncc1CN1CCNC(=O)c2ccccc21. The fourth-order valence-corrected chi connectivity index (χ4v) is 2.37. The van der Waals surface area contributed by atoms with Crippen LogP contribution in [0.25, 0.3) is 0 Å². The van der Waals surface area contributed by atoms with Crippen LogP contribution in [0.3, 0.4) is 0 Å². The molecule has 1 aromatic carbocycles. The highest BCUT2D eigenvalue weighted by Gasteiger charge is 2.20. The summed E-state index contributed by atoms with van der Waals surface area (Å²) < 4.78 is 0. The van der Waals surface area contributed by atoms with Crippen LogP contribution in [0, 0.1) is 6.92 Å². The van der Waals surface area contributed by atoms with Crippen LogP contribution in [-0.4, -0.2) is 29.2 Å². The molecule has 19 heavy (non-hydrogen) atoms. The Bertz CT molecular complexity index is 605. The average Bonchev–Trinajstić information content (AvgIpc) is 2.75. The Labute approximate surface area is 111 Å². The molecule has 0 saturated carbocycles. The zero-order valence-electron chi connectivity index (χ0n) is 10.8. The summed E-state index contributed by atoms with van der Waals surface area (Å²) in [6.07, 6.45) is 1.85. The second kappa shape index (κ2) is 4.76. The van der Waals surface area contributed by atoms with Crippen LogP contribution in [0.15, 0.2) is 30.5 Å². The number of para-hydroxylation sites is 1. The molecule has 0 bridgehead atoms. The number of benzene rings is 1. The first-order valence-electron chi connectivity index (χ1n) is 6.37. The lowest BCUT2D eigenvalue weighted by atomic mass is 10.1. The molecule has 2 N–H and O–H groups in total. The van der Waals surface area contributed by atoms with Crippen molar-refractivity contribution in [2.24, 2.45) is 0 Å². The molecule has 0 atom stereocenters. The van der Waals surface area contributed by atoms with Gasteiger partial charge in [-0.15, -0.1) is 0 Å². The number of H-pyrrole nitrogens is 1. The zero-order chi connectivity index (χ0) is 13.2. The molecule has 1 aliphatic heterocycles. The predicted octanol–water partition coefficient (Wildman–Crippen LogP) is 1.47. The number of carbonyl (C=O) groups excluding carboxylic acids is 1. The molecule has 0 unspecified atom stereocenters. The van der Waals surface area contributed by atoms with Gasteiger partial charge in [-0.25, -0.2) is 0 Å². The summed E-state index contributed by atoms with van der Waals surface area (Å²) in [6, 6.07) is 7.72. The fraction of sp³-hybridized carbons (Fsp3) is 0.286. The standard InChI is InChI=1S/C14H16N4O/c1-10-11(8-16-17-10)9-18-7-6-15-14(19)12-4-2-3-5-13(12)18/h2-5,8H,6-7,9H2,1H3,(H,15,19)(H,16,17). The largest absolute Gasteiger partial charge is 0.365 e.